The molecule has 5 nitrogen and oxygen atoms in total. The number of allylic oxidation sites excluding steroid dienone is 5. The molecule has 0 saturated heterocycles. The van der Waals surface area contributed by atoms with E-state index >= 15 is 0 Å². The van der Waals surface area contributed by atoms with E-state index in [4.69, 9.17) is 5.73 Å². The van der Waals surface area contributed by atoms with Crippen molar-refractivity contribution in [2.24, 2.45) is 5.73 Å². The highest BCUT2D eigenvalue weighted by Gasteiger charge is 2.12. The third kappa shape index (κ3) is 6.67. The van der Waals surface area contributed by atoms with Crippen LogP contribution in [-0.4, -0.2) is 20.7 Å². The molecule has 2 aromatic rings. The molecule has 1 amide bonds. The quantitative estimate of drug-likeness (QED) is 0.617. The van der Waals surface area contributed by atoms with Crippen molar-refractivity contribution in [3.05, 3.63) is 71.9 Å². The van der Waals surface area contributed by atoms with Crippen LogP contribution in [0.5, 0.6) is 0 Å². The van der Waals surface area contributed by atoms with Gasteiger partial charge in [0.25, 0.3) is 0 Å². The van der Waals surface area contributed by atoms with Crippen molar-refractivity contribution in [2.75, 3.05) is 0 Å². The number of H-pyrrole nitrogens is 1. The molecule has 3 N–H and O–H groups in total. The fourth-order valence-electron chi connectivity index (χ4n) is 2.31. The van der Waals surface area contributed by atoms with E-state index in [1.807, 2.05) is 62.6 Å². The molecular weight excluding hydrogens is 312 g/mol. The van der Waals surface area contributed by atoms with Crippen molar-refractivity contribution >= 4 is 5.91 Å². The molecule has 2 aromatic heterocycles. The second-order valence-electron chi connectivity index (χ2n) is 5.94. The first-order valence-electron chi connectivity index (χ1n) is 8.24. The van der Waals surface area contributed by atoms with Crippen molar-refractivity contribution in [1.29, 1.82) is 0 Å². The average Bonchev–Trinajstić information content (AvgIpc) is 3.10. The topological polar surface area (TPSA) is 76.7 Å². The number of primary amides is 1. The first-order valence-corrected chi connectivity index (χ1v) is 8.24. The van der Waals surface area contributed by atoms with Gasteiger partial charge in [-0.2, -0.15) is 5.10 Å². The number of amides is 1. The van der Waals surface area contributed by atoms with Crippen LogP contribution in [0.2, 0.25) is 0 Å². The lowest BCUT2D eigenvalue weighted by Gasteiger charge is -2.08. The fourth-order valence-corrected chi connectivity index (χ4v) is 2.31. The van der Waals surface area contributed by atoms with Crippen LogP contribution in [0.3, 0.4) is 0 Å². The standard InChI is InChI=1S/C11H14N4O.C9H14/c1-7-3-4-8(2)15(7)10-6-13-14-9(10)5-11(12)16;1-4-5-6-7-8-9(2)3/h3-4,6H,5H2,1-2H3,(H2,12,16)(H,13,14);4-7H,2,8H2,1,3H3/b;5-4-,7-6?. The normalized spacial score (nSPS) is 10.9. The molecule has 0 bridgehead atoms. The molecule has 0 saturated carbocycles. The largest absolute Gasteiger partial charge is 0.369 e. The van der Waals surface area contributed by atoms with Crippen molar-refractivity contribution in [1.82, 2.24) is 14.8 Å². The summed E-state index contributed by atoms with van der Waals surface area (Å²) in [6.45, 7) is 11.8. The molecular formula is C20H28N4O. The number of hydrogen-bond acceptors (Lipinski definition) is 2. The van der Waals surface area contributed by atoms with Crippen LogP contribution < -0.4 is 5.73 Å². The van der Waals surface area contributed by atoms with Gasteiger partial charge in [0.15, 0.2) is 0 Å². The van der Waals surface area contributed by atoms with Gasteiger partial charge < -0.3 is 10.3 Å². The zero-order chi connectivity index (χ0) is 18.8. The summed E-state index contributed by atoms with van der Waals surface area (Å²) in [5, 5.41) is 6.77. The third-order valence-corrected chi connectivity index (χ3v) is 3.46. The summed E-state index contributed by atoms with van der Waals surface area (Å²) >= 11 is 0. The second-order valence-corrected chi connectivity index (χ2v) is 5.94. The Balaban J connectivity index is 0.000000299. The van der Waals surface area contributed by atoms with Gasteiger partial charge in [0.1, 0.15) is 0 Å². The minimum Gasteiger partial charge on any atom is -0.369 e. The van der Waals surface area contributed by atoms with E-state index in [0.29, 0.717) is 0 Å². The molecule has 0 unspecified atom stereocenters. The van der Waals surface area contributed by atoms with E-state index in [1.54, 1.807) is 6.20 Å². The number of carbonyl (C=O) groups excluding carboxylic acids is 1. The monoisotopic (exact) mass is 340 g/mol. The fraction of sp³-hybridized carbons (Fsp3) is 0.300. The van der Waals surface area contributed by atoms with Crippen molar-refractivity contribution in [3.63, 3.8) is 0 Å². The van der Waals surface area contributed by atoms with E-state index in [9.17, 15) is 4.79 Å². The first kappa shape index (κ1) is 20.2. The van der Waals surface area contributed by atoms with E-state index in [1.165, 1.54) is 5.57 Å². The van der Waals surface area contributed by atoms with Gasteiger partial charge in [0, 0.05) is 11.4 Å². The Bertz CT molecular complexity index is 743. The molecule has 0 aliphatic rings. The Morgan fingerprint density at radius 3 is 2.48 bits per heavy atom. The summed E-state index contributed by atoms with van der Waals surface area (Å²) < 4.78 is 2.04. The number of aromatic nitrogens is 3. The third-order valence-electron chi connectivity index (χ3n) is 3.46. The van der Waals surface area contributed by atoms with E-state index in [-0.39, 0.29) is 12.3 Å². The molecule has 0 aromatic carbocycles. The van der Waals surface area contributed by atoms with Gasteiger partial charge >= 0.3 is 0 Å². The van der Waals surface area contributed by atoms with Crippen LogP contribution >= 0.6 is 0 Å². The predicted molar refractivity (Wildman–Crippen MR) is 104 cm³/mol. The predicted octanol–water partition coefficient (Wildman–Crippen LogP) is 3.93. The highest BCUT2D eigenvalue weighted by atomic mass is 16.1. The van der Waals surface area contributed by atoms with Crippen molar-refractivity contribution in [2.45, 2.75) is 40.5 Å². The first-order chi connectivity index (χ1) is 11.9. The average molecular weight is 340 g/mol. The highest BCUT2D eigenvalue weighted by Crippen LogP contribution is 2.18. The van der Waals surface area contributed by atoms with E-state index in [2.05, 4.69) is 22.9 Å². The number of aryl methyl sites for hydroxylation is 2. The molecule has 0 aliphatic heterocycles. The van der Waals surface area contributed by atoms with Crippen LogP contribution in [0, 0.1) is 13.8 Å². The van der Waals surface area contributed by atoms with Crippen LogP contribution in [0.4, 0.5) is 0 Å². The molecule has 25 heavy (non-hydrogen) atoms. The Labute approximate surface area is 149 Å². The molecule has 2 rings (SSSR count). The molecule has 5 heteroatoms. The maximum absolute atomic E-state index is 10.9. The molecule has 0 fully saturated rings. The van der Waals surface area contributed by atoms with Crippen LogP contribution in [-0.2, 0) is 11.2 Å². The van der Waals surface area contributed by atoms with Gasteiger partial charge in [-0.15, -0.1) is 0 Å². The summed E-state index contributed by atoms with van der Waals surface area (Å²) in [5.74, 6) is -0.368. The van der Waals surface area contributed by atoms with E-state index < -0.39 is 0 Å². The lowest BCUT2D eigenvalue weighted by atomic mass is 10.2. The van der Waals surface area contributed by atoms with E-state index in [0.717, 1.165) is 29.2 Å². The van der Waals surface area contributed by atoms with Gasteiger partial charge in [-0.25, -0.2) is 0 Å². The molecule has 134 valence electrons. The SMILES string of the molecule is C=C(C)CC=C/C=C\C.Cc1ccc(C)n1-c1cn[nH]c1CC(N)=O. The zero-order valence-electron chi connectivity index (χ0n) is 15.5. The molecule has 2 heterocycles. The molecule has 0 aliphatic carbocycles. The van der Waals surface area contributed by atoms with Crippen LogP contribution in [0.15, 0.2) is 54.8 Å². The smallest absolute Gasteiger partial charge is 0.223 e. The lowest BCUT2D eigenvalue weighted by molar-refractivity contribution is -0.117. The van der Waals surface area contributed by atoms with Crippen molar-refractivity contribution in [3.8, 4) is 5.69 Å². The van der Waals surface area contributed by atoms with Gasteiger partial charge in [-0.05, 0) is 46.2 Å². The summed E-state index contributed by atoms with van der Waals surface area (Å²) in [6.07, 6.45) is 11.0. The Morgan fingerprint density at radius 2 is 1.96 bits per heavy atom. The Morgan fingerprint density at radius 1 is 1.32 bits per heavy atom. The number of nitrogens with zero attached hydrogens (tertiary/aromatic N) is 2. The van der Waals surface area contributed by atoms with Crippen LogP contribution in [0.25, 0.3) is 5.69 Å². The van der Waals surface area contributed by atoms with Gasteiger partial charge in [-0.1, -0.05) is 36.5 Å². The summed E-state index contributed by atoms with van der Waals surface area (Å²) in [5.41, 5.74) is 10.2. The number of aromatic amines is 1. The maximum Gasteiger partial charge on any atom is 0.223 e. The number of nitrogens with two attached hydrogens (primary N) is 1. The van der Waals surface area contributed by atoms with Crippen molar-refractivity contribution < 1.29 is 4.79 Å². The Kier molecular flexibility index (Phi) is 8.19. The summed E-state index contributed by atoms with van der Waals surface area (Å²) in [6, 6.07) is 4.05. The minimum absolute atomic E-state index is 0.173. The highest BCUT2D eigenvalue weighted by molar-refractivity contribution is 5.77. The molecule has 0 spiro atoms. The number of carbonyl (C=O) groups is 1. The second kappa shape index (κ2) is 10.1. The van der Waals surface area contributed by atoms with Gasteiger partial charge in [0.05, 0.1) is 24.0 Å². The Hall–Kier alpha value is -2.82. The number of hydrogen-bond donors (Lipinski definition) is 2. The summed E-state index contributed by atoms with van der Waals surface area (Å²) in [7, 11) is 0. The molecule has 0 atom stereocenters. The lowest BCUT2D eigenvalue weighted by Crippen LogP contribution is -2.15. The number of nitrogens with one attached hydrogen (secondary N) is 1. The van der Waals surface area contributed by atoms with Crippen LogP contribution in [0.1, 0.15) is 37.4 Å². The van der Waals surface area contributed by atoms with Gasteiger partial charge in [-0.3, -0.25) is 9.89 Å². The summed E-state index contributed by atoms with van der Waals surface area (Å²) in [4.78, 5) is 10.9. The molecule has 0 radical (unpaired) electrons. The zero-order valence-corrected chi connectivity index (χ0v) is 15.5. The minimum atomic E-state index is -0.368. The maximum atomic E-state index is 10.9. The number of rotatable bonds is 6. The van der Waals surface area contributed by atoms with Gasteiger partial charge in [0.2, 0.25) is 5.91 Å².